The van der Waals surface area contributed by atoms with Gasteiger partial charge in [0.25, 0.3) is 0 Å². The molecular formula is C55H39NO. The van der Waals surface area contributed by atoms with Crippen molar-refractivity contribution in [2.45, 2.75) is 19.3 Å². The lowest BCUT2D eigenvalue weighted by molar-refractivity contribution is 0.660. The van der Waals surface area contributed by atoms with Crippen LogP contribution in [0.25, 0.3) is 77.2 Å². The Bertz CT molecular complexity index is 3140. The zero-order chi connectivity index (χ0) is 38.1. The number of rotatable bonds is 6. The summed E-state index contributed by atoms with van der Waals surface area (Å²) in [6.45, 7) is 4.70. The zero-order valence-electron chi connectivity index (χ0n) is 31.9. The third-order valence-electron chi connectivity index (χ3n) is 12.1. The fraction of sp³-hybridized carbons (Fsp3) is 0.0545. The molecule has 0 fully saturated rings. The summed E-state index contributed by atoms with van der Waals surface area (Å²) < 4.78 is 7.11. The SMILES string of the molecule is CC1(C)c2ccccc2-c2ccc(-c3c4ccccc4cc4c3oc3cccc(N(c5ccc(-c6ccccc6)cc5)c5ccccc5-c5ccccc5)c34)cc21. The minimum Gasteiger partial charge on any atom is -0.455 e. The van der Waals surface area contributed by atoms with Crippen molar-refractivity contribution in [1.82, 2.24) is 0 Å². The fourth-order valence-corrected chi connectivity index (χ4v) is 9.31. The Morgan fingerprint density at radius 2 is 1.04 bits per heavy atom. The molecule has 0 saturated heterocycles. The molecule has 0 radical (unpaired) electrons. The lowest BCUT2D eigenvalue weighted by Crippen LogP contribution is -2.14. The van der Waals surface area contributed by atoms with Crippen LogP contribution >= 0.6 is 0 Å². The molecule has 10 aromatic rings. The second-order valence-corrected chi connectivity index (χ2v) is 15.7. The molecule has 1 heterocycles. The predicted molar refractivity (Wildman–Crippen MR) is 240 cm³/mol. The summed E-state index contributed by atoms with van der Waals surface area (Å²) in [5, 5.41) is 4.55. The van der Waals surface area contributed by atoms with Gasteiger partial charge in [-0.25, -0.2) is 0 Å². The van der Waals surface area contributed by atoms with Gasteiger partial charge in [-0.3, -0.25) is 0 Å². The first kappa shape index (κ1) is 33.2. The molecule has 0 amide bonds. The summed E-state index contributed by atoms with van der Waals surface area (Å²) in [5.74, 6) is 0. The van der Waals surface area contributed by atoms with E-state index >= 15 is 0 Å². The maximum absolute atomic E-state index is 7.11. The van der Waals surface area contributed by atoms with Crippen LogP contribution in [0.3, 0.4) is 0 Å². The van der Waals surface area contributed by atoms with Gasteiger partial charge in [-0.15, -0.1) is 0 Å². The van der Waals surface area contributed by atoms with Crippen LogP contribution in [0.5, 0.6) is 0 Å². The van der Waals surface area contributed by atoms with Crippen LogP contribution in [0.1, 0.15) is 25.0 Å². The van der Waals surface area contributed by atoms with E-state index in [1.165, 1.54) is 49.7 Å². The summed E-state index contributed by atoms with van der Waals surface area (Å²) in [6.07, 6.45) is 0. The van der Waals surface area contributed by atoms with E-state index in [1.54, 1.807) is 0 Å². The summed E-state index contributed by atoms with van der Waals surface area (Å²) in [5.41, 5.74) is 17.2. The summed E-state index contributed by atoms with van der Waals surface area (Å²) in [4.78, 5) is 2.42. The van der Waals surface area contributed by atoms with E-state index in [2.05, 4.69) is 219 Å². The Morgan fingerprint density at radius 1 is 0.421 bits per heavy atom. The van der Waals surface area contributed by atoms with Crippen molar-refractivity contribution in [1.29, 1.82) is 0 Å². The molecule has 2 heteroatoms. The average Bonchev–Trinajstić information content (AvgIpc) is 3.75. The Balaban J connectivity index is 1.17. The minimum absolute atomic E-state index is 0.116. The van der Waals surface area contributed by atoms with E-state index in [0.29, 0.717) is 0 Å². The van der Waals surface area contributed by atoms with Gasteiger partial charge in [-0.05, 0) is 97.7 Å². The van der Waals surface area contributed by atoms with Gasteiger partial charge in [0, 0.05) is 27.6 Å². The predicted octanol–water partition coefficient (Wildman–Crippen LogP) is 15.5. The van der Waals surface area contributed by atoms with Gasteiger partial charge in [0.05, 0.1) is 16.8 Å². The highest BCUT2D eigenvalue weighted by molar-refractivity contribution is 6.22. The van der Waals surface area contributed by atoms with Gasteiger partial charge >= 0.3 is 0 Å². The largest absolute Gasteiger partial charge is 0.455 e. The van der Waals surface area contributed by atoms with Crippen LogP contribution in [0.4, 0.5) is 17.1 Å². The van der Waals surface area contributed by atoms with E-state index in [4.69, 9.17) is 4.42 Å². The van der Waals surface area contributed by atoms with Crippen LogP contribution in [0.2, 0.25) is 0 Å². The number of para-hydroxylation sites is 1. The molecule has 1 aromatic heterocycles. The molecule has 57 heavy (non-hydrogen) atoms. The van der Waals surface area contributed by atoms with E-state index in [1.807, 2.05) is 0 Å². The summed E-state index contributed by atoms with van der Waals surface area (Å²) in [6, 6.07) is 72.4. The molecule has 0 atom stereocenters. The molecule has 0 spiro atoms. The quantitative estimate of drug-likeness (QED) is 0.169. The van der Waals surface area contributed by atoms with Crippen LogP contribution in [0.15, 0.2) is 205 Å². The van der Waals surface area contributed by atoms with Crippen molar-refractivity contribution in [3.63, 3.8) is 0 Å². The molecule has 270 valence electrons. The number of hydrogen-bond acceptors (Lipinski definition) is 2. The highest BCUT2D eigenvalue weighted by atomic mass is 16.3. The summed E-state index contributed by atoms with van der Waals surface area (Å²) in [7, 11) is 0. The van der Waals surface area contributed by atoms with Gasteiger partial charge in [-0.1, -0.05) is 172 Å². The fourth-order valence-electron chi connectivity index (χ4n) is 9.31. The highest BCUT2D eigenvalue weighted by Gasteiger charge is 2.35. The lowest BCUT2D eigenvalue weighted by atomic mass is 9.81. The van der Waals surface area contributed by atoms with Gasteiger partial charge in [0.15, 0.2) is 0 Å². The Morgan fingerprint density at radius 3 is 1.84 bits per heavy atom. The van der Waals surface area contributed by atoms with Crippen molar-refractivity contribution < 1.29 is 4.42 Å². The molecule has 1 aliphatic rings. The van der Waals surface area contributed by atoms with E-state index in [-0.39, 0.29) is 5.41 Å². The van der Waals surface area contributed by atoms with Gasteiger partial charge < -0.3 is 9.32 Å². The Kier molecular flexibility index (Phi) is 7.55. The second kappa shape index (κ2) is 13.0. The maximum atomic E-state index is 7.11. The van der Waals surface area contributed by atoms with E-state index in [9.17, 15) is 0 Å². The normalized spacial score (nSPS) is 12.9. The molecule has 1 aliphatic carbocycles. The van der Waals surface area contributed by atoms with Crippen LogP contribution < -0.4 is 4.90 Å². The smallest absolute Gasteiger partial charge is 0.143 e. The van der Waals surface area contributed by atoms with E-state index < -0.39 is 0 Å². The first-order valence-electron chi connectivity index (χ1n) is 19.8. The van der Waals surface area contributed by atoms with Crippen LogP contribution in [0, 0.1) is 0 Å². The Hall–Kier alpha value is -7.16. The molecule has 0 aliphatic heterocycles. The van der Waals surface area contributed by atoms with Crippen LogP contribution in [-0.2, 0) is 5.41 Å². The Labute approximate surface area is 332 Å². The topological polar surface area (TPSA) is 16.4 Å². The van der Waals surface area contributed by atoms with Crippen molar-refractivity contribution in [3.8, 4) is 44.5 Å². The monoisotopic (exact) mass is 729 g/mol. The van der Waals surface area contributed by atoms with Crippen molar-refractivity contribution in [2.75, 3.05) is 4.90 Å². The molecule has 0 N–H and O–H groups in total. The molecule has 2 nitrogen and oxygen atoms in total. The number of fused-ring (bicyclic) bond motifs is 7. The first-order chi connectivity index (χ1) is 28.0. The third kappa shape index (κ3) is 5.25. The minimum atomic E-state index is -0.116. The average molecular weight is 730 g/mol. The molecule has 0 saturated carbocycles. The first-order valence-corrected chi connectivity index (χ1v) is 19.8. The molecule has 11 rings (SSSR count). The molecule has 0 unspecified atom stereocenters. The standard InChI is InChI=1S/C55H39NO/c1-55(2)47-24-13-11-23-44(47)45-33-30-40(35-48(45)55)52-43-22-10-9-20-39(43)34-46-53-50(26-15-27-51(53)57-54(46)52)56(41-31-28-37(29-32-41)36-16-5-3-6-17-36)49-25-14-12-21-42(49)38-18-7-4-8-19-38/h3-35H,1-2H3. The van der Waals surface area contributed by atoms with Crippen molar-refractivity contribution >= 4 is 49.8 Å². The number of furan rings is 1. The van der Waals surface area contributed by atoms with Crippen LogP contribution in [-0.4, -0.2) is 0 Å². The highest BCUT2D eigenvalue weighted by Crippen LogP contribution is 2.52. The second-order valence-electron chi connectivity index (χ2n) is 15.7. The van der Waals surface area contributed by atoms with Gasteiger partial charge in [0.1, 0.15) is 11.2 Å². The van der Waals surface area contributed by atoms with Gasteiger partial charge in [0.2, 0.25) is 0 Å². The third-order valence-corrected chi connectivity index (χ3v) is 12.1. The number of nitrogens with zero attached hydrogens (tertiary/aromatic N) is 1. The number of benzene rings is 9. The molecule has 9 aromatic carbocycles. The summed E-state index contributed by atoms with van der Waals surface area (Å²) >= 11 is 0. The van der Waals surface area contributed by atoms with Crippen molar-refractivity contribution in [2.24, 2.45) is 0 Å². The molecule has 0 bridgehead atoms. The maximum Gasteiger partial charge on any atom is 0.143 e. The number of hydrogen-bond donors (Lipinski definition) is 0. The van der Waals surface area contributed by atoms with Crippen molar-refractivity contribution in [3.05, 3.63) is 211 Å². The lowest BCUT2D eigenvalue weighted by Gasteiger charge is -2.28. The molecular weight excluding hydrogens is 691 g/mol. The zero-order valence-corrected chi connectivity index (χ0v) is 31.9. The van der Waals surface area contributed by atoms with E-state index in [0.717, 1.165) is 55.7 Å². The van der Waals surface area contributed by atoms with Gasteiger partial charge in [-0.2, -0.15) is 0 Å². The number of anilines is 3.